The number of ether oxygens (including phenoxy) is 1. The van der Waals surface area contributed by atoms with E-state index in [0.717, 1.165) is 5.56 Å². The van der Waals surface area contributed by atoms with Crippen LogP contribution in [0.1, 0.15) is 11.1 Å². The number of benzene rings is 1. The molecule has 1 aromatic heterocycles. The molecule has 2 aromatic rings. The maximum Gasteiger partial charge on any atom is 0.220 e. The van der Waals surface area contributed by atoms with E-state index < -0.39 is 0 Å². The van der Waals surface area contributed by atoms with E-state index in [1.54, 1.807) is 18.2 Å². The number of nitrogens with two attached hydrogens (primary N) is 1. The van der Waals surface area contributed by atoms with Crippen LogP contribution >= 0.6 is 0 Å². The summed E-state index contributed by atoms with van der Waals surface area (Å²) >= 11 is 0. The molecule has 0 fully saturated rings. The molecule has 0 saturated heterocycles. The molecule has 2 N–H and O–H groups in total. The maximum atomic E-state index is 8.78. The molecule has 0 atom stereocenters. The van der Waals surface area contributed by atoms with Crippen LogP contribution in [-0.2, 0) is 0 Å². The van der Waals surface area contributed by atoms with Gasteiger partial charge in [-0.05, 0) is 24.6 Å². The second-order valence-corrected chi connectivity index (χ2v) is 3.59. The minimum atomic E-state index is 0.366. The zero-order chi connectivity index (χ0) is 12.3. The summed E-state index contributed by atoms with van der Waals surface area (Å²) in [5, 5.41) is 8.78. The standard InChI is InChI=1S/C13H11N3O/c1-9-3-2-4-11(15)13(9)17-12-7-10(8-14)5-6-16-12/h2-7H,15H2,1H3. The van der Waals surface area contributed by atoms with E-state index >= 15 is 0 Å². The molecule has 0 bridgehead atoms. The van der Waals surface area contributed by atoms with Gasteiger partial charge in [0, 0.05) is 12.3 Å². The summed E-state index contributed by atoms with van der Waals surface area (Å²) in [6.45, 7) is 1.90. The Bertz CT molecular complexity index is 567. The first kappa shape index (κ1) is 11.0. The lowest BCUT2D eigenvalue weighted by molar-refractivity contribution is 0.461. The molecule has 2 rings (SSSR count). The molecule has 0 spiro atoms. The molecule has 17 heavy (non-hydrogen) atoms. The lowest BCUT2D eigenvalue weighted by Gasteiger charge is -2.10. The Hall–Kier alpha value is -2.54. The highest BCUT2D eigenvalue weighted by Crippen LogP contribution is 2.29. The van der Waals surface area contributed by atoms with E-state index in [9.17, 15) is 0 Å². The average Bonchev–Trinajstić information content (AvgIpc) is 2.34. The van der Waals surface area contributed by atoms with E-state index in [-0.39, 0.29) is 0 Å². The van der Waals surface area contributed by atoms with Gasteiger partial charge in [-0.15, -0.1) is 0 Å². The number of nitrogen functional groups attached to an aromatic ring is 1. The van der Waals surface area contributed by atoms with Gasteiger partial charge in [0.05, 0.1) is 17.3 Å². The summed E-state index contributed by atoms with van der Waals surface area (Å²) in [7, 11) is 0. The number of anilines is 1. The van der Waals surface area contributed by atoms with Gasteiger partial charge in [-0.3, -0.25) is 0 Å². The molecule has 0 aliphatic rings. The molecule has 4 nitrogen and oxygen atoms in total. The van der Waals surface area contributed by atoms with Crippen molar-refractivity contribution >= 4 is 5.69 Å². The molecule has 0 aliphatic heterocycles. The van der Waals surface area contributed by atoms with Gasteiger partial charge < -0.3 is 10.5 Å². The van der Waals surface area contributed by atoms with Gasteiger partial charge in [-0.2, -0.15) is 5.26 Å². The minimum absolute atomic E-state index is 0.366. The number of hydrogen-bond acceptors (Lipinski definition) is 4. The third-order valence-corrected chi connectivity index (χ3v) is 2.31. The molecule has 84 valence electrons. The third kappa shape index (κ3) is 2.34. The van der Waals surface area contributed by atoms with Gasteiger partial charge in [0.15, 0.2) is 5.75 Å². The molecule has 4 heteroatoms. The second kappa shape index (κ2) is 4.54. The van der Waals surface area contributed by atoms with Crippen LogP contribution in [0.5, 0.6) is 11.6 Å². The Balaban J connectivity index is 2.35. The van der Waals surface area contributed by atoms with Crippen molar-refractivity contribution in [2.24, 2.45) is 0 Å². The fraction of sp³-hybridized carbons (Fsp3) is 0.0769. The molecule has 0 radical (unpaired) electrons. The number of nitrogens with zero attached hydrogens (tertiary/aromatic N) is 2. The predicted octanol–water partition coefficient (Wildman–Crippen LogP) is 2.64. The average molecular weight is 225 g/mol. The van der Waals surface area contributed by atoms with Crippen molar-refractivity contribution in [2.75, 3.05) is 5.73 Å². The van der Waals surface area contributed by atoms with Crippen molar-refractivity contribution in [3.63, 3.8) is 0 Å². The van der Waals surface area contributed by atoms with Crippen molar-refractivity contribution in [3.05, 3.63) is 47.7 Å². The van der Waals surface area contributed by atoms with Crippen LogP contribution in [0.2, 0.25) is 0 Å². The molecule has 1 heterocycles. The Kier molecular flexibility index (Phi) is 2.93. The van der Waals surface area contributed by atoms with E-state index in [1.165, 1.54) is 6.20 Å². The summed E-state index contributed by atoms with van der Waals surface area (Å²) in [6.07, 6.45) is 1.53. The number of para-hydroxylation sites is 1. The van der Waals surface area contributed by atoms with Crippen LogP contribution in [0.3, 0.4) is 0 Å². The third-order valence-electron chi connectivity index (χ3n) is 2.31. The van der Waals surface area contributed by atoms with Gasteiger partial charge in [0.1, 0.15) is 0 Å². The number of nitriles is 1. The van der Waals surface area contributed by atoms with E-state index in [0.29, 0.717) is 22.9 Å². The maximum absolute atomic E-state index is 8.78. The van der Waals surface area contributed by atoms with Crippen LogP contribution < -0.4 is 10.5 Å². The number of aryl methyl sites for hydroxylation is 1. The Morgan fingerprint density at radius 3 is 2.88 bits per heavy atom. The quantitative estimate of drug-likeness (QED) is 0.797. The Labute approximate surface area is 99.3 Å². The predicted molar refractivity (Wildman–Crippen MR) is 64.6 cm³/mol. The number of rotatable bonds is 2. The number of hydrogen-bond donors (Lipinski definition) is 1. The van der Waals surface area contributed by atoms with Crippen molar-refractivity contribution in [2.45, 2.75) is 6.92 Å². The molecule has 0 saturated carbocycles. The first-order chi connectivity index (χ1) is 8.20. The SMILES string of the molecule is Cc1cccc(N)c1Oc1cc(C#N)ccn1. The van der Waals surface area contributed by atoms with Gasteiger partial charge in [0.25, 0.3) is 0 Å². The van der Waals surface area contributed by atoms with E-state index in [1.807, 2.05) is 25.1 Å². The first-order valence-electron chi connectivity index (χ1n) is 5.10. The normalized spacial score (nSPS) is 9.65. The Morgan fingerprint density at radius 1 is 1.35 bits per heavy atom. The highest BCUT2D eigenvalue weighted by atomic mass is 16.5. The molecule has 1 aromatic carbocycles. The number of aromatic nitrogens is 1. The van der Waals surface area contributed by atoms with Crippen molar-refractivity contribution < 1.29 is 4.74 Å². The van der Waals surface area contributed by atoms with Gasteiger partial charge in [-0.1, -0.05) is 12.1 Å². The van der Waals surface area contributed by atoms with E-state index in [2.05, 4.69) is 4.98 Å². The molecule has 0 amide bonds. The summed E-state index contributed by atoms with van der Waals surface area (Å²) in [5.41, 5.74) is 7.80. The zero-order valence-electron chi connectivity index (χ0n) is 9.34. The molecule has 0 unspecified atom stereocenters. The zero-order valence-corrected chi connectivity index (χ0v) is 9.34. The topological polar surface area (TPSA) is 71.9 Å². The molecular formula is C13H11N3O. The van der Waals surface area contributed by atoms with Crippen LogP contribution in [-0.4, -0.2) is 4.98 Å². The lowest BCUT2D eigenvalue weighted by atomic mass is 10.2. The lowest BCUT2D eigenvalue weighted by Crippen LogP contribution is -1.95. The number of pyridine rings is 1. The van der Waals surface area contributed by atoms with Crippen LogP contribution in [0.25, 0.3) is 0 Å². The summed E-state index contributed by atoms with van der Waals surface area (Å²) in [4.78, 5) is 4.04. The van der Waals surface area contributed by atoms with Crippen LogP contribution in [0.15, 0.2) is 36.5 Å². The molecule has 0 aliphatic carbocycles. The van der Waals surface area contributed by atoms with Crippen molar-refractivity contribution in [3.8, 4) is 17.7 Å². The fourth-order valence-electron chi connectivity index (χ4n) is 1.45. The van der Waals surface area contributed by atoms with Crippen molar-refractivity contribution in [1.29, 1.82) is 5.26 Å². The summed E-state index contributed by atoms with van der Waals surface area (Å²) in [6, 6.07) is 10.7. The first-order valence-corrected chi connectivity index (χ1v) is 5.10. The van der Waals surface area contributed by atoms with Gasteiger partial charge in [-0.25, -0.2) is 4.98 Å². The Morgan fingerprint density at radius 2 is 2.18 bits per heavy atom. The van der Waals surface area contributed by atoms with Crippen LogP contribution in [0.4, 0.5) is 5.69 Å². The monoisotopic (exact) mass is 225 g/mol. The minimum Gasteiger partial charge on any atom is -0.437 e. The summed E-state index contributed by atoms with van der Waals surface area (Å²) in [5.74, 6) is 0.945. The van der Waals surface area contributed by atoms with Gasteiger partial charge in [0.2, 0.25) is 5.88 Å². The van der Waals surface area contributed by atoms with Crippen molar-refractivity contribution in [1.82, 2.24) is 4.98 Å². The van der Waals surface area contributed by atoms with Crippen LogP contribution in [0, 0.1) is 18.3 Å². The van der Waals surface area contributed by atoms with E-state index in [4.69, 9.17) is 15.7 Å². The fourth-order valence-corrected chi connectivity index (χ4v) is 1.45. The molecular weight excluding hydrogens is 214 g/mol. The highest BCUT2D eigenvalue weighted by molar-refractivity contribution is 5.57. The second-order valence-electron chi connectivity index (χ2n) is 3.59. The smallest absolute Gasteiger partial charge is 0.220 e. The van der Waals surface area contributed by atoms with Gasteiger partial charge >= 0.3 is 0 Å². The highest BCUT2D eigenvalue weighted by Gasteiger charge is 2.06. The largest absolute Gasteiger partial charge is 0.437 e. The summed E-state index contributed by atoms with van der Waals surface area (Å²) < 4.78 is 5.60.